The number of urea groups is 1. The van der Waals surface area contributed by atoms with Gasteiger partial charge >= 0.3 is 16.4 Å². The average Bonchev–Trinajstić information content (AvgIpc) is 2.94. The molecule has 24 heavy (non-hydrogen) atoms. The van der Waals surface area contributed by atoms with Crippen molar-refractivity contribution in [2.24, 2.45) is 5.73 Å². The van der Waals surface area contributed by atoms with Crippen LogP contribution in [0.2, 0.25) is 0 Å². The summed E-state index contributed by atoms with van der Waals surface area (Å²) in [7, 11) is -2.95. The van der Waals surface area contributed by atoms with Gasteiger partial charge in [0.15, 0.2) is 0 Å². The van der Waals surface area contributed by atoms with Crippen molar-refractivity contribution in [1.29, 1.82) is 0 Å². The number of hydroxylamine groups is 5. The van der Waals surface area contributed by atoms with Crippen molar-refractivity contribution in [1.82, 2.24) is 9.96 Å². The lowest BCUT2D eigenvalue weighted by Gasteiger charge is -2.36. The number of quaternary nitrogens is 1. The molecule has 3 heterocycles. The highest BCUT2D eigenvalue weighted by atomic mass is 32.3. The van der Waals surface area contributed by atoms with Crippen molar-refractivity contribution in [3.63, 3.8) is 0 Å². The summed E-state index contributed by atoms with van der Waals surface area (Å²) in [4.78, 5) is 32.7. The maximum atomic E-state index is 12.8. The molecular formula is C12H21N4O7S+. The van der Waals surface area contributed by atoms with Crippen LogP contribution in [0.4, 0.5) is 4.79 Å². The SMILES string of the molecule is CN1CCC(O[N+]23C[C@@H](CC[C@H]2C(N)=O)N(OS(=O)(=O)O)C3=O)C1. The number of hydrogen-bond donors (Lipinski definition) is 2. The number of carbonyl (C=O) groups is 2. The highest BCUT2D eigenvalue weighted by Gasteiger charge is 2.66. The van der Waals surface area contributed by atoms with Gasteiger partial charge in [-0.15, -0.1) is 9.35 Å². The first kappa shape index (κ1) is 17.5. The van der Waals surface area contributed by atoms with Gasteiger partial charge in [-0.3, -0.25) is 9.35 Å². The number of fused-ring (bicyclic) bond motifs is 2. The number of rotatable bonds is 5. The molecule has 2 unspecified atom stereocenters. The Labute approximate surface area is 139 Å². The molecule has 0 aliphatic carbocycles. The monoisotopic (exact) mass is 365 g/mol. The van der Waals surface area contributed by atoms with E-state index in [0.29, 0.717) is 24.4 Å². The molecule has 3 saturated heterocycles. The Morgan fingerprint density at radius 3 is 2.62 bits per heavy atom. The molecule has 0 aromatic carbocycles. The average molecular weight is 365 g/mol. The fourth-order valence-electron chi connectivity index (χ4n) is 3.77. The van der Waals surface area contributed by atoms with Crippen LogP contribution in [0.15, 0.2) is 0 Å². The Morgan fingerprint density at radius 2 is 2.08 bits per heavy atom. The van der Waals surface area contributed by atoms with Gasteiger partial charge in [-0.1, -0.05) is 4.65 Å². The predicted octanol–water partition coefficient (Wildman–Crippen LogP) is -1.37. The Bertz CT molecular complexity index is 656. The van der Waals surface area contributed by atoms with Crippen molar-refractivity contribution in [2.75, 3.05) is 26.7 Å². The van der Waals surface area contributed by atoms with Crippen LogP contribution >= 0.6 is 0 Å². The second-order valence-electron chi connectivity index (χ2n) is 6.52. The maximum absolute atomic E-state index is 12.8. The first-order valence-corrected chi connectivity index (χ1v) is 9.03. The standard InChI is InChI=1S/C12H20N4O7S/c1-14-5-4-9(6-14)22-16-7-8(2-3-10(16)11(13)17)15(12(16)18)23-24(19,20)21/h8-10H,2-7H2,1H3,(H2-,13,17,19,20,21)/p+1/t8-,9?,10+,16?/m1/s1. The third-order valence-electron chi connectivity index (χ3n) is 4.79. The Hall–Kier alpha value is -1.31. The molecule has 0 spiro atoms. The molecule has 4 atom stereocenters. The summed E-state index contributed by atoms with van der Waals surface area (Å²) < 4.78 is 34.7. The first-order chi connectivity index (χ1) is 11.1. The van der Waals surface area contributed by atoms with Crippen LogP contribution in [0, 0.1) is 0 Å². The molecule has 3 N–H and O–H groups in total. The quantitative estimate of drug-likeness (QED) is 0.449. The molecule has 3 aliphatic rings. The van der Waals surface area contributed by atoms with E-state index in [1.165, 1.54) is 0 Å². The molecule has 136 valence electrons. The van der Waals surface area contributed by atoms with Crippen LogP contribution in [0.3, 0.4) is 0 Å². The number of amides is 3. The van der Waals surface area contributed by atoms with Crippen molar-refractivity contribution in [3.8, 4) is 0 Å². The summed E-state index contributed by atoms with van der Waals surface area (Å²) in [6.07, 6.45) is 0.979. The summed E-state index contributed by atoms with van der Waals surface area (Å²) in [6, 6.07) is -2.38. The lowest BCUT2D eigenvalue weighted by Crippen LogP contribution is -2.64. The van der Waals surface area contributed by atoms with Gasteiger partial charge in [-0.25, -0.2) is 4.79 Å². The lowest BCUT2D eigenvalue weighted by molar-refractivity contribution is -1.06. The van der Waals surface area contributed by atoms with E-state index in [-0.39, 0.29) is 19.1 Å². The van der Waals surface area contributed by atoms with Gasteiger partial charge in [0, 0.05) is 19.5 Å². The van der Waals surface area contributed by atoms with Gasteiger partial charge in [0.05, 0.1) is 0 Å². The number of nitrogens with zero attached hydrogens (tertiary/aromatic N) is 3. The number of nitrogens with two attached hydrogens (primary N) is 1. The zero-order valence-electron chi connectivity index (χ0n) is 13.2. The van der Waals surface area contributed by atoms with Gasteiger partial charge in [-0.2, -0.15) is 13.3 Å². The number of primary amides is 1. The number of likely N-dealkylation sites (tertiary alicyclic amines) is 1. The predicted molar refractivity (Wildman–Crippen MR) is 78.0 cm³/mol. The summed E-state index contributed by atoms with van der Waals surface area (Å²) in [5.41, 5.74) is 5.45. The smallest absolute Gasteiger partial charge is 0.364 e. The molecule has 0 radical (unpaired) electrons. The van der Waals surface area contributed by atoms with Gasteiger partial charge < -0.3 is 10.6 Å². The van der Waals surface area contributed by atoms with Crippen molar-refractivity contribution in [3.05, 3.63) is 0 Å². The lowest BCUT2D eigenvalue weighted by atomic mass is 10.00. The zero-order valence-corrected chi connectivity index (χ0v) is 14.0. The number of carbonyl (C=O) groups excluding carboxylic acids is 2. The minimum atomic E-state index is -4.86. The molecule has 0 saturated carbocycles. The molecule has 2 bridgehead atoms. The molecule has 12 heteroatoms. The van der Waals surface area contributed by atoms with E-state index < -0.39 is 39.1 Å². The molecule has 0 aromatic rings. The molecule has 3 amide bonds. The van der Waals surface area contributed by atoms with Crippen molar-refractivity contribution < 1.29 is 36.3 Å². The van der Waals surface area contributed by atoms with E-state index >= 15 is 0 Å². The minimum absolute atomic E-state index is 0.0438. The highest BCUT2D eigenvalue weighted by Crippen LogP contribution is 2.39. The minimum Gasteiger partial charge on any atom is -0.364 e. The first-order valence-electron chi connectivity index (χ1n) is 7.67. The number of hydrogen-bond acceptors (Lipinski definition) is 7. The second kappa shape index (κ2) is 5.89. The number of piperidine rings is 1. The summed E-state index contributed by atoms with van der Waals surface area (Å²) >= 11 is 0. The van der Waals surface area contributed by atoms with E-state index in [9.17, 15) is 18.0 Å². The van der Waals surface area contributed by atoms with E-state index in [0.717, 1.165) is 6.54 Å². The van der Waals surface area contributed by atoms with Crippen LogP contribution in [-0.2, 0) is 24.3 Å². The summed E-state index contributed by atoms with van der Waals surface area (Å²) in [6.45, 7) is 1.42. The van der Waals surface area contributed by atoms with Crippen molar-refractivity contribution >= 4 is 22.3 Å². The molecular weight excluding hydrogens is 344 g/mol. The van der Waals surface area contributed by atoms with Crippen LogP contribution < -0.4 is 5.73 Å². The Kier molecular flexibility index (Phi) is 4.30. The molecule has 3 rings (SSSR count). The largest absolute Gasteiger partial charge is 0.477 e. The van der Waals surface area contributed by atoms with Gasteiger partial charge in [0.25, 0.3) is 5.91 Å². The molecule has 11 nitrogen and oxygen atoms in total. The third kappa shape index (κ3) is 3.00. The van der Waals surface area contributed by atoms with Gasteiger partial charge in [0.1, 0.15) is 18.7 Å². The topological polar surface area (TPSA) is 139 Å². The highest BCUT2D eigenvalue weighted by molar-refractivity contribution is 7.80. The van der Waals surface area contributed by atoms with E-state index in [1.807, 2.05) is 11.9 Å². The normalized spacial score (nSPS) is 37.2. The third-order valence-corrected chi connectivity index (χ3v) is 5.14. The molecule has 3 fully saturated rings. The van der Waals surface area contributed by atoms with E-state index in [4.69, 9.17) is 15.1 Å². The van der Waals surface area contributed by atoms with Crippen LogP contribution in [0.5, 0.6) is 0 Å². The van der Waals surface area contributed by atoms with Gasteiger partial charge in [0.2, 0.25) is 6.04 Å². The second-order valence-corrected chi connectivity index (χ2v) is 7.52. The fourth-order valence-corrected chi connectivity index (χ4v) is 4.15. The Balaban J connectivity index is 1.91. The summed E-state index contributed by atoms with van der Waals surface area (Å²) in [5, 5.41) is 0.594. The molecule has 0 aromatic heterocycles. The van der Waals surface area contributed by atoms with E-state index in [1.54, 1.807) is 0 Å². The zero-order chi connectivity index (χ0) is 17.7. The van der Waals surface area contributed by atoms with Crippen LogP contribution in [0.1, 0.15) is 19.3 Å². The number of likely N-dealkylation sites (N-methyl/N-ethyl adjacent to an activating group) is 1. The maximum Gasteiger partial charge on any atom is 0.477 e. The van der Waals surface area contributed by atoms with Crippen molar-refractivity contribution in [2.45, 2.75) is 37.5 Å². The van der Waals surface area contributed by atoms with Crippen LogP contribution in [0.25, 0.3) is 0 Å². The summed E-state index contributed by atoms with van der Waals surface area (Å²) in [5.74, 6) is -0.693. The Morgan fingerprint density at radius 1 is 1.38 bits per heavy atom. The van der Waals surface area contributed by atoms with Crippen LogP contribution in [-0.4, -0.2) is 84.4 Å². The van der Waals surface area contributed by atoms with Gasteiger partial charge in [-0.05, 0) is 19.9 Å². The fraction of sp³-hybridized carbons (Fsp3) is 0.833. The molecule has 3 aliphatic heterocycles. The van der Waals surface area contributed by atoms with E-state index in [2.05, 4.69) is 4.28 Å².